The second-order valence-corrected chi connectivity index (χ2v) is 16.1. The summed E-state index contributed by atoms with van der Waals surface area (Å²) in [5.41, 5.74) is 6.33. The highest BCUT2D eigenvalue weighted by molar-refractivity contribution is 7.26. The van der Waals surface area contributed by atoms with Crippen LogP contribution in [-0.4, -0.2) is 19.5 Å². The summed E-state index contributed by atoms with van der Waals surface area (Å²) in [5.74, 6) is 1.97. The first-order valence-electron chi connectivity index (χ1n) is 18.4. The van der Waals surface area contributed by atoms with Crippen LogP contribution in [-0.2, 0) is 0 Å². The SMILES string of the molecule is c1cc(-c2nc(-c3cccc4sc5ccccc5c34)nc(-c3cccc4sc5ccccc5c34)n2)cc(-n2c3ccccc3c3c4ccccc4ccc32)c1. The van der Waals surface area contributed by atoms with Crippen molar-refractivity contribution in [3.05, 3.63) is 170 Å². The number of thiophene rings is 2. The van der Waals surface area contributed by atoms with Crippen molar-refractivity contribution in [2.75, 3.05) is 0 Å². The monoisotopic (exact) mass is 736 g/mol. The van der Waals surface area contributed by atoms with Crippen molar-refractivity contribution >= 4 is 95.6 Å². The first-order chi connectivity index (χ1) is 27.3. The molecule has 0 saturated heterocycles. The molecule has 0 atom stereocenters. The number of para-hydroxylation sites is 1. The third-order valence-electron chi connectivity index (χ3n) is 10.8. The van der Waals surface area contributed by atoms with E-state index in [1.165, 1.54) is 67.4 Å². The lowest BCUT2D eigenvalue weighted by Crippen LogP contribution is -2.01. The molecule has 0 amide bonds. The molecule has 0 radical (unpaired) electrons. The van der Waals surface area contributed by atoms with Crippen molar-refractivity contribution in [3.63, 3.8) is 0 Å². The van der Waals surface area contributed by atoms with E-state index in [-0.39, 0.29) is 0 Å². The number of hydrogen-bond donors (Lipinski definition) is 0. The molecule has 4 aromatic heterocycles. The van der Waals surface area contributed by atoms with Gasteiger partial charge in [-0.05, 0) is 59.3 Å². The molecule has 0 aliphatic heterocycles. The summed E-state index contributed by atoms with van der Waals surface area (Å²) in [4.78, 5) is 16.0. The zero-order chi connectivity index (χ0) is 36.0. The molecule has 12 rings (SSSR count). The number of aromatic nitrogens is 4. The van der Waals surface area contributed by atoms with E-state index < -0.39 is 0 Å². The molecule has 8 aromatic carbocycles. The largest absolute Gasteiger partial charge is 0.309 e. The Labute approximate surface area is 323 Å². The Morgan fingerprint density at radius 1 is 0.364 bits per heavy atom. The van der Waals surface area contributed by atoms with Crippen LogP contribution < -0.4 is 0 Å². The number of nitrogens with zero attached hydrogens (tertiary/aromatic N) is 4. The average Bonchev–Trinajstić information content (AvgIpc) is 3.93. The maximum atomic E-state index is 5.34. The number of fused-ring (bicyclic) bond motifs is 11. The minimum absolute atomic E-state index is 0.640. The van der Waals surface area contributed by atoms with Crippen molar-refractivity contribution in [1.29, 1.82) is 0 Å². The topological polar surface area (TPSA) is 43.6 Å². The van der Waals surface area contributed by atoms with Crippen LogP contribution in [0.5, 0.6) is 0 Å². The highest BCUT2D eigenvalue weighted by atomic mass is 32.1. The molecule has 0 N–H and O–H groups in total. The van der Waals surface area contributed by atoms with E-state index in [9.17, 15) is 0 Å². The molecule has 256 valence electrons. The van der Waals surface area contributed by atoms with E-state index in [4.69, 9.17) is 15.0 Å². The molecule has 4 heterocycles. The summed E-state index contributed by atoms with van der Waals surface area (Å²) < 4.78 is 7.31. The molecular weight excluding hydrogens is 709 g/mol. The van der Waals surface area contributed by atoms with Gasteiger partial charge < -0.3 is 4.57 Å². The van der Waals surface area contributed by atoms with Gasteiger partial charge in [-0.2, -0.15) is 0 Å². The minimum atomic E-state index is 0.640. The van der Waals surface area contributed by atoms with Gasteiger partial charge in [-0.25, -0.2) is 15.0 Å². The number of rotatable bonds is 4. The van der Waals surface area contributed by atoms with Gasteiger partial charge in [-0.1, -0.05) is 121 Å². The van der Waals surface area contributed by atoms with Crippen LogP contribution in [0.15, 0.2) is 170 Å². The average molecular weight is 737 g/mol. The van der Waals surface area contributed by atoms with Crippen LogP contribution in [0.2, 0.25) is 0 Å². The van der Waals surface area contributed by atoms with E-state index in [0.717, 1.165) is 27.9 Å². The van der Waals surface area contributed by atoms with E-state index in [0.29, 0.717) is 17.5 Å². The predicted octanol–water partition coefficient (Wildman–Crippen LogP) is 13.9. The molecule has 0 aliphatic rings. The molecule has 0 spiro atoms. The molecule has 0 bridgehead atoms. The summed E-state index contributed by atoms with van der Waals surface area (Å²) in [5, 5.41) is 9.77. The van der Waals surface area contributed by atoms with E-state index >= 15 is 0 Å². The zero-order valence-electron chi connectivity index (χ0n) is 29.3. The Morgan fingerprint density at radius 2 is 0.909 bits per heavy atom. The Morgan fingerprint density at radius 3 is 1.60 bits per heavy atom. The highest BCUT2D eigenvalue weighted by Crippen LogP contribution is 2.43. The Balaban J connectivity index is 1.13. The Hall–Kier alpha value is -6.73. The van der Waals surface area contributed by atoms with Crippen LogP contribution in [0.3, 0.4) is 0 Å². The van der Waals surface area contributed by atoms with Gasteiger partial charge in [-0.3, -0.25) is 0 Å². The molecule has 6 heteroatoms. The van der Waals surface area contributed by atoms with Crippen molar-refractivity contribution in [2.45, 2.75) is 0 Å². The van der Waals surface area contributed by atoms with Gasteiger partial charge in [0.2, 0.25) is 0 Å². The van der Waals surface area contributed by atoms with Crippen LogP contribution >= 0.6 is 22.7 Å². The van der Waals surface area contributed by atoms with Crippen LogP contribution in [0.25, 0.3) is 113 Å². The third-order valence-corrected chi connectivity index (χ3v) is 13.1. The summed E-state index contributed by atoms with van der Waals surface area (Å²) >= 11 is 3.61. The maximum absolute atomic E-state index is 5.34. The van der Waals surface area contributed by atoms with Crippen LogP contribution in [0.4, 0.5) is 0 Å². The molecule has 4 nitrogen and oxygen atoms in total. The Bertz CT molecular complexity index is 3380. The lowest BCUT2D eigenvalue weighted by Gasteiger charge is -2.12. The lowest BCUT2D eigenvalue weighted by molar-refractivity contribution is 1.08. The van der Waals surface area contributed by atoms with Crippen LogP contribution in [0.1, 0.15) is 0 Å². The number of hydrogen-bond acceptors (Lipinski definition) is 5. The summed E-state index contributed by atoms with van der Waals surface area (Å²) in [6.07, 6.45) is 0. The second kappa shape index (κ2) is 11.9. The molecule has 0 fully saturated rings. The van der Waals surface area contributed by atoms with E-state index in [1.54, 1.807) is 22.7 Å². The van der Waals surface area contributed by atoms with Gasteiger partial charge in [0.1, 0.15) is 0 Å². The summed E-state index contributed by atoms with van der Waals surface area (Å²) in [6.45, 7) is 0. The molecule has 12 aromatic rings. The maximum Gasteiger partial charge on any atom is 0.164 e. The normalized spacial score (nSPS) is 12.0. The first-order valence-corrected chi connectivity index (χ1v) is 20.0. The molecule has 0 saturated carbocycles. The summed E-state index contributed by atoms with van der Waals surface area (Å²) in [6, 6.07) is 60.7. The van der Waals surface area contributed by atoms with Gasteiger partial charge in [0, 0.05) is 73.5 Å². The van der Waals surface area contributed by atoms with Gasteiger partial charge in [-0.15, -0.1) is 22.7 Å². The fourth-order valence-corrected chi connectivity index (χ4v) is 10.7. The van der Waals surface area contributed by atoms with Gasteiger partial charge >= 0.3 is 0 Å². The second-order valence-electron chi connectivity index (χ2n) is 13.9. The van der Waals surface area contributed by atoms with Gasteiger partial charge in [0.25, 0.3) is 0 Å². The quantitative estimate of drug-likeness (QED) is 0.181. The third kappa shape index (κ3) is 4.65. The van der Waals surface area contributed by atoms with Crippen molar-refractivity contribution in [3.8, 4) is 39.9 Å². The fraction of sp³-hybridized carbons (Fsp3) is 0. The zero-order valence-corrected chi connectivity index (χ0v) is 30.9. The fourth-order valence-electron chi connectivity index (χ4n) is 8.47. The lowest BCUT2D eigenvalue weighted by atomic mass is 10.0. The van der Waals surface area contributed by atoms with Crippen LogP contribution in [0, 0.1) is 0 Å². The molecular formula is C49H28N4S2. The van der Waals surface area contributed by atoms with E-state index in [1.807, 2.05) is 0 Å². The van der Waals surface area contributed by atoms with Crippen molar-refractivity contribution < 1.29 is 0 Å². The first kappa shape index (κ1) is 30.7. The minimum Gasteiger partial charge on any atom is -0.309 e. The van der Waals surface area contributed by atoms with Gasteiger partial charge in [0.15, 0.2) is 17.5 Å². The predicted molar refractivity (Wildman–Crippen MR) is 234 cm³/mol. The smallest absolute Gasteiger partial charge is 0.164 e. The standard InChI is InChI=1S/C49H28N4S2/c1-2-15-32-29(12-1)26-27-39-44(32)33-16-3-6-21-38(33)53(39)31-14-9-13-30(28-31)47-50-48(36-19-10-24-42-45(36)34-17-4-7-22-40(34)54-42)52-49(51-47)37-20-11-25-43-46(37)35-18-5-8-23-41(35)55-43/h1-28H. The molecule has 0 aliphatic carbocycles. The highest BCUT2D eigenvalue weighted by Gasteiger charge is 2.20. The molecule has 0 unspecified atom stereocenters. The number of benzene rings is 8. The van der Waals surface area contributed by atoms with E-state index in [2.05, 4.69) is 174 Å². The molecule has 55 heavy (non-hydrogen) atoms. The Kier molecular flexibility index (Phi) is 6.64. The summed E-state index contributed by atoms with van der Waals surface area (Å²) in [7, 11) is 0. The van der Waals surface area contributed by atoms with Gasteiger partial charge in [0.05, 0.1) is 11.0 Å². The van der Waals surface area contributed by atoms with Crippen molar-refractivity contribution in [1.82, 2.24) is 19.5 Å². The van der Waals surface area contributed by atoms with Crippen molar-refractivity contribution in [2.24, 2.45) is 0 Å².